The van der Waals surface area contributed by atoms with E-state index in [1.54, 1.807) is 21.0 Å². The van der Waals surface area contributed by atoms with E-state index < -0.39 is 11.2 Å². The van der Waals surface area contributed by atoms with Crippen LogP contribution >= 0.6 is 11.8 Å². The zero-order chi connectivity index (χ0) is 24.1. The Kier molecular flexibility index (Phi) is 7.97. The number of aromatic amines is 1. The first kappa shape index (κ1) is 24.6. The number of H-pyrrole nitrogens is 1. The maximum absolute atomic E-state index is 13.2. The highest BCUT2D eigenvalue weighted by Crippen LogP contribution is 2.31. The Morgan fingerprint density at radius 2 is 1.85 bits per heavy atom. The van der Waals surface area contributed by atoms with Gasteiger partial charge in [0, 0.05) is 17.8 Å². The highest BCUT2D eigenvalue weighted by Gasteiger charge is 2.27. The fourth-order valence-electron chi connectivity index (χ4n) is 3.67. The van der Waals surface area contributed by atoms with E-state index in [1.165, 1.54) is 18.9 Å². The van der Waals surface area contributed by atoms with Crippen LogP contribution in [0.25, 0.3) is 11.4 Å². The molecule has 0 aliphatic carbocycles. The van der Waals surface area contributed by atoms with Gasteiger partial charge in [-0.15, -0.1) is 10.2 Å². The van der Waals surface area contributed by atoms with Crippen molar-refractivity contribution in [1.82, 2.24) is 19.7 Å². The van der Waals surface area contributed by atoms with Crippen molar-refractivity contribution in [3.63, 3.8) is 0 Å². The van der Waals surface area contributed by atoms with Gasteiger partial charge in [0.25, 0.3) is 0 Å². The number of carbonyl (C=O) groups is 2. The summed E-state index contributed by atoms with van der Waals surface area (Å²) >= 11 is 1.36. The minimum absolute atomic E-state index is 0.105. The number of aromatic nitrogens is 4. The predicted molar refractivity (Wildman–Crippen MR) is 128 cm³/mol. The third-order valence-corrected chi connectivity index (χ3v) is 6.61. The lowest BCUT2D eigenvalue weighted by Crippen LogP contribution is -2.17. The van der Waals surface area contributed by atoms with Crippen LogP contribution in [0.5, 0.6) is 5.75 Å². The quantitative estimate of drug-likeness (QED) is 0.257. The van der Waals surface area contributed by atoms with Crippen molar-refractivity contribution < 1.29 is 19.1 Å². The molecule has 1 aromatic carbocycles. The van der Waals surface area contributed by atoms with E-state index in [2.05, 4.69) is 26.7 Å². The van der Waals surface area contributed by atoms with Crippen LogP contribution in [0.1, 0.15) is 58.8 Å². The van der Waals surface area contributed by atoms with Crippen LogP contribution in [0.4, 0.5) is 0 Å². The van der Waals surface area contributed by atoms with Crippen molar-refractivity contribution in [3.8, 4) is 17.1 Å². The Morgan fingerprint density at radius 1 is 1.15 bits per heavy atom. The Morgan fingerprint density at radius 3 is 2.45 bits per heavy atom. The minimum Gasteiger partial charge on any atom is -0.497 e. The molecular weight excluding hydrogens is 440 g/mol. The van der Waals surface area contributed by atoms with E-state index >= 15 is 0 Å². The Hall–Kier alpha value is -3.07. The summed E-state index contributed by atoms with van der Waals surface area (Å²) in [6.07, 6.45) is 1.99. The molecular formula is C24H30N4O4S. The number of Topliss-reactive ketones (excluding diaryl/α,β-unsaturated/α-hetero) is 1. The summed E-state index contributed by atoms with van der Waals surface area (Å²) in [5.74, 6) is 0.971. The number of methoxy groups -OCH3 is 2. The SMILES string of the molecule is CCCCn1c(SC(C)C(=O)c2[nH]c(C)c(C(=O)OC)c2C)nnc1-c1ccc(OC)cc1. The van der Waals surface area contributed by atoms with Gasteiger partial charge in [-0.1, -0.05) is 25.1 Å². The molecule has 2 heterocycles. The molecule has 0 aliphatic heterocycles. The molecule has 0 amide bonds. The molecule has 0 radical (unpaired) electrons. The second kappa shape index (κ2) is 10.7. The molecule has 0 spiro atoms. The number of ether oxygens (including phenoxy) is 2. The standard InChI is InChI=1S/C24H30N4O4S/c1-7-8-13-28-22(17-9-11-18(31-5)12-10-17)26-27-24(28)33-16(4)21(29)20-14(2)19(15(3)25-20)23(30)32-6/h9-12,16,25H,7-8,13H2,1-6H3. The van der Waals surface area contributed by atoms with Crippen molar-refractivity contribution >= 4 is 23.5 Å². The number of hydrogen-bond acceptors (Lipinski definition) is 7. The summed E-state index contributed by atoms with van der Waals surface area (Å²) < 4.78 is 12.2. The average molecular weight is 471 g/mol. The first-order valence-corrected chi connectivity index (χ1v) is 11.8. The number of unbranched alkanes of at least 4 members (excludes halogenated alkanes) is 1. The number of esters is 1. The number of ketones is 1. The number of nitrogens with one attached hydrogen (secondary N) is 1. The normalized spacial score (nSPS) is 11.9. The van der Waals surface area contributed by atoms with Crippen LogP contribution in [-0.4, -0.2) is 51.0 Å². The molecule has 176 valence electrons. The van der Waals surface area contributed by atoms with Crippen LogP contribution in [0.15, 0.2) is 29.4 Å². The average Bonchev–Trinajstić information content (AvgIpc) is 3.36. The summed E-state index contributed by atoms with van der Waals surface area (Å²) in [4.78, 5) is 28.4. The van der Waals surface area contributed by atoms with Gasteiger partial charge in [0.05, 0.1) is 30.7 Å². The van der Waals surface area contributed by atoms with Crippen LogP contribution in [0.3, 0.4) is 0 Å². The van der Waals surface area contributed by atoms with Crippen molar-refractivity contribution in [2.24, 2.45) is 0 Å². The monoisotopic (exact) mass is 470 g/mol. The van der Waals surface area contributed by atoms with Crippen molar-refractivity contribution in [2.45, 2.75) is 57.5 Å². The first-order valence-electron chi connectivity index (χ1n) is 10.9. The number of hydrogen-bond donors (Lipinski definition) is 1. The molecule has 1 unspecified atom stereocenters. The smallest absolute Gasteiger partial charge is 0.339 e. The maximum atomic E-state index is 13.2. The summed E-state index contributed by atoms with van der Waals surface area (Å²) in [5, 5.41) is 9.07. The molecule has 0 saturated heterocycles. The highest BCUT2D eigenvalue weighted by molar-refractivity contribution is 8.00. The number of rotatable bonds is 10. The molecule has 0 bridgehead atoms. The van der Waals surface area contributed by atoms with Gasteiger partial charge < -0.3 is 19.0 Å². The van der Waals surface area contributed by atoms with Crippen LogP contribution in [0.2, 0.25) is 0 Å². The molecule has 3 aromatic rings. The molecule has 33 heavy (non-hydrogen) atoms. The number of benzene rings is 1. The van der Waals surface area contributed by atoms with E-state index in [4.69, 9.17) is 9.47 Å². The summed E-state index contributed by atoms with van der Waals surface area (Å²) in [6.45, 7) is 8.24. The largest absolute Gasteiger partial charge is 0.497 e. The van der Waals surface area contributed by atoms with Gasteiger partial charge >= 0.3 is 5.97 Å². The lowest BCUT2D eigenvalue weighted by molar-refractivity contribution is 0.0599. The topological polar surface area (TPSA) is 99.1 Å². The number of carbonyl (C=O) groups excluding carboxylic acids is 2. The molecule has 0 saturated carbocycles. The van der Waals surface area contributed by atoms with Gasteiger partial charge in [-0.25, -0.2) is 4.79 Å². The zero-order valence-electron chi connectivity index (χ0n) is 19.9. The van der Waals surface area contributed by atoms with E-state index in [1.807, 2.05) is 31.2 Å². The third-order valence-electron chi connectivity index (χ3n) is 5.53. The second-order valence-electron chi connectivity index (χ2n) is 7.78. The van der Waals surface area contributed by atoms with Gasteiger partial charge in [0.2, 0.25) is 0 Å². The fourth-order valence-corrected chi connectivity index (χ4v) is 4.60. The highest BCUT2D eigenvalue weighted by atomic mass is 32.2. The van der Waals surface area contributed by atoms with Gasteiger partial charge in [-0.2, -0.15) is 0 Å². The van der Waals surface area contributed by atoms with Gasteiger partial charge in [-0.05, 0) is 57.0 Å². The molecule has 0 aliphatic rings. The molecule has 3 rings (SSSR count). The Labute approximate surface area is 198 Å². The summed E-state index contributed by atoms with van der Waals surface area (Å²) in [7, 11) is 2.96. The minimum atomic E-state index is -0.455. The predicted octanol–water partition coefficient (Wildman–Crippen LogP) is 4.85. The van der Waals surface area contributed by atoms with E-state index in [-0.39, 0.29) is 5.78 Å². The second-order valence-corrected chi connectivity index (χ2v) is 9.09. The molecule has 8 nitrogen and oxygen atoms in total. The molecule has 9 heteroatoms. The van der Waals surface area contributed by atoms with Gasteiger partial charge in [0.15, 0.2) is 16.8 Å². The lowest BCUT2D eigenvalue weighted by Gasteiger charge is -2.13. The zero-order valence-corrected chi connectivity index (χ0v) is 20.7. The molecule has 1 atom stereocenters. The lowest BCUT2D eigenvalue weighted by atomic mass is 10.1. The fraction of sp³-hybridized carbons (Fsp3) is 0.417. The van der Waals surface area contributed by atoms with Crippen molar-refractivity contribution in [2.75, 3.05) is 14.2 Å². The number of thioether (sulfide) groups is 1. The Balaban J connectivity index is 1.88. The molecule has 2 aromatic heterocycles. The molecule has 0 fully saturated rings. The van der Waals surface area contributed by atoms with Crippen LogP contribution < -0.4 is 4.74 Å². The Bertz CT molecular complexity index is 1130. The first-order chi connectivity index (χ1) is 15.8. The maximum Gasteiger partial charge on any atom is 0.339 e. The van der Waals surface area contributed by atoms with Crippen molar-refractivity contribution in [3.05, 3.63) is 46.8 Å². The molecule has 1 N–H and O–H groups in total. The number of aryl methyl sites for hydroxylation is 1. The van der Waals surface area contributed by atoms with Crippen LogP contribution in [0, 0.1) is 13.8 Å². The van der Waals surface area contributed by atoms with Gasteiger partial charge in [-0.3, -0.25) is 4.79 Å². The summed E-state index contributed by atoms with van der Waals surface area (Å²) in [6, 6.07) is 7.69. The number of nitrogens with zero attached hydrogens (tertiary/aromatic N) is 3. The van der Waals surface area contributed by atoms with Crippen molar-refractivity contribution in [1.29, 1.82) is 0 Å². The van der Waals surface area contributed by atoms with Crippen LogP contribution in [-0.2, 0) is 11.3 Å². The van der Waals surface area contributed by atoms with E-state index in [0.717, 1.165) is 36.5 Å². The van der Waals surface area contributed by atoms with E-state index in [0.29, 0.717) is 27.7 Å². The third kappa shape index (κ3) is 5.13. The van der Waals surface area contributed by atoms with E-state index in [9.17, 15) is 9.59 Å². The van der Waals surface area contributed by atoms with Gasteiger partial charge in [0.1, 0.15) is 5.75 Å². The summed E-state index contributed by atoms with van der Waals surface area (Å²) in [5.41, 5.74) is 2.98.